The van der Waals surface area contributed by atoms with Crippen LogP contribution in [0.5, 0.6) is 0 Å². The van der Waals surface area contributed by atoms with Gasteiger partial charge in [0.2, 0.25) is 5.95 Å². The number of anilines is 1. The molecule has 0 amide bonds. The fourth-order valence-corrected chi connectivity index (χ4v) is 2.55. The zero-order chi connectivity index (χ0) is 12.5. The highest BCUT2D eigenvalue weighted by Gasteiger charge is 2.22. The monoisotopic (exact) mass is 245 g/mol. The molecule has 0 aliphatic heterocycles. The van der Waals surface area contributed by atoms with E-state index in [0.29, 0.717) is 12.0 Å². The van der Waals surface area contributed by atoms with Crippen LogP contribution in [0, 0.1) is 6.92 Å². The maximum absolute atomic E-state index is 6.12. The van der Waals surface area contributed by atoms with Crippen LogP contribution in [0.1, 0.15) is 31.2 Å². The molecule has 5 nitrogen and oxygen atoms in total. The Labute approximate surface area is 106 Å². The van der Waals surface area contributed by atoms with Gasteiger partial charge in [-0.2, -0.15) is 4.98 Å². The van der Waals surface area contributed by atoms with E-state index in [1.807, 2.05) is 29.8 Å². The van der Waals surface area contributed by atoms with Gasteiger partial charge in [-0.05, 0) is 31.4 Å². The Bertz CT molecular complexity index is 547. The lowest BCUT2D eigenvalue weighted by Gasteiger charge is -2.28. The van der Waals surface area contributed by atoms with E-state index in [1.54, 1.807) is 0 Å². The fourth-order valence-electron chi connectivity index (χ4n) is 2.55. The number of aromatic nitrogens is 3. The first kappa shape index (κ1) is 11.5. The SMILES string of the molecule is Cc1ccc2nc(NC3CCCCC3N)nn2c1. The maximum Gasteiger partial charge on any atom is 0.243 e. The summed E-state index contributed by atoms with van der Waals surface area (Å²) in [4.78, 5) is 4.47. The van der Waals surface area contributed by atoms with Crippen LogP contribution in [0.25, 0.3) is 5.65 Å². The van der Waals surface area contributed by atoms with Gasteiger partial charge in [-0.1, -0.05) is 18.9 Å². The predicted molar refractivity (Wildman–Crippen MR) is 71.6 cm³/mol. The molecule has 2 atom stereocenters. The molecule has 2 aromatic rings. The molecule has 3 rings (SSSR count). The second-order valence-electron chi connectivity index (χ2n) is 5.14. The Morgan fingerprint density at radius 2 is 2.17 bits per heavy atom. The molecule has 18 heavy (non-hydrogen) atoms. The summed E-state index contributed by atoms with van der Waals surface area (Å²) in [6.45, 7) is 2.05. The smallest absolute Gasteiger partial charge is 0.243 e. The number of pyridine rings is 1. The molecule has 2 unspecified atom stereocenters. The molecule has 1 fully saturated rings. The molecule has 0 aromatic carbocycles. The van der Waals surface area contributed by atoms with E-state index >= 15 is 0 Å². The third-order valence-electron chi connectivity index (χ3n) is 3.61. The number of aryl methyl sites for hydroxylation is 1. The molecular weight excluding hydrogens is 226 g/mol. The first-order chi connectivity index (χ1) is 8.72. The third-order valence-corrected chi connectivity index (χ3v) is 3.61. The van der Waals surface area contributed by atoms with E-state index in [9.17, 15) is 0 Å². The lowest BCUT2D eigenvalue weighted by atomic mass is 9.91. The summed E-state index contributed by atoms with van der Waals surface area (Å²) in [5, 5.41) is 7.81. The molecule has 1 aliphatic rings. The van der Waals surface area contributed by atoms with Crippen molar-refractivity contribution in [2.45, 2.75) is 44.7 Å². The minimum Gasteiger partial charge on any atom is -0.349 e. The van der Waals surface area contributed by atoms with E-state index < -0.39 is 0 Å². The first-order valence-corrected chi connectivity index (χ1v) is 6.57. The third kappa shape index (κ3) is 2.18. The van der Waals surface area contributed by atoms with E-state index in [4.69, 9.17) is 5.73 Å². The standard InChI is InChI=1S/C13H19N5/c1-9-6-7-12-16-13(17-18(12)8-9)15-11-5-3-2-4-10(11)14/h6-8,10-11H,2-5,14H2,1H3,(H,15,17). The van der Waals surface area contributed by atoms with Crippen LogP contribution in [0.15, 0.2) is 18.3 Å². The van der Waals surface area contributed by atoms with Gasteiger partial charge in [0.15, 0.2) is 5.65 Å². The van der Waals surface area contributed by atoms with Crippen LogP contribution in [0.4, 0.5) is 5.95 Å². The summed E-state index contributed by atoms with van der Waals surface area (Å²) in [5.74, 6) is 0.683. The molecule has 3 N–H and O–H groups in total. The van der Waals surface area contributed by atoms with Gasteiger partial charge < -0.3 is 11.1 Å². The predicted octanol–water partition coefficient (Wildman–Crippen LogP) is 1.72. The summed E-state index contributed by atoms with van der Waals surface area (Å²) in [5.41, 5.74) is 8.16. The van der Waals surface area contributed by atoms with Gasteiger partial charge in [-0.3, -0.25) is 0 Å². The van der Waals surface area contributed by atoms with Crippen molar-refractivity contribution in [2.75, 3.05) is 5.32 Å². The zero-order valence-corrected chi connectivity index (χ0v) is 10.6. The number of nitrogens with zero attached hydrogens (tertiary/aromatic N) is 3. The van der Waals surface area contributed by atoms with Crippen LogP contribution in [0.2, 0.25) is 0 Å². The molecule has 0 bridgehead atoms. The summed E-state index contributed by atoms with van der Waals surface area (Å²) >= 11 is 0. The molecular formula is C13H19N5. The van der Waals surface area contributed by atoms with Gasteiger partial charge in [0.05, 0.1) is 0 Å². The average Bonchev–Trinajstić information content (AvgIpc) is 2.73. The van der Waals surface area contributed by atoms with Gasteiger partial charge in [0, 0.05) is 18.3 Å². The molecule has 0 spiro atoms. The van der Waals surface area contributed by atoms with Gasteiger partial charge in [-0.25, -0.2) is 4.52 Å². The number of fused-ring (bicyclic) bond motifs is 1. The fraction of sp³-hybridized carbons (Fsp3) is 0.538. The van der Waals surface area contributed by atoms with Crippen LogP contribution >= 0.6 is 0 Å². The van der Waals surface area contributed by atoms with E-state index in [1.165, 1.54) is 18.4 Å². The van der Waals surface area contributed by atoms with Crippen molar-refractivity contribution < 1.29 is 0 Å². The highest BCUT2D eigenvalue weighted by molar-refractivity contribution is 5.44. The van der Waals surface area contributed by atoms with Gasteiger partial charge in [0.25, 0.3) is 0 Å². The maximum atomic E-state index is 6.12. The van der Waals surface area contributed by atoms with Crippen molar-refractivity contribution in [3.63, 3.8) is 0 Å². The summed E-state index contributed by atoms with van der Waals surface area (Å²) < 4.78 is 1.81. The molecule has 0 saturated heterocycles. The van der Waals surface area contributed by atoms with Crippen molar-refractivity contribution in [1.29, 1.82) is 0 Å². The Morgan fingerprint density at radius 1 is 1.33 bits per heavy atom. The van der Waals surface area contributed by atoms with Gasteiger partial charge in [-0.15, -0.1) is 5.10 Å². The lowest BCUT2D eigenvalue weighted by Crippen LogP contribution is -2.42. The number of nitrogens with two attached hydrogens (primary N) is 1. The largest absolute Gasteiger partial charge is 0.349 e. The Balaban J connectivity index is 1.81. The molecule has 0 radical (unpaired) electrons. The van der Waals surface area contributed by atoms with Crippen molar-refractivity contribution in [3.8, 4) is 0 Å². The normalized spacial score (nSPS) is 24.3. The minimum absolute atomic E-state index is 0.215. The van der Waals surface area contributed by atoms with Crippen LogP contribution in [0.3, 0.4) is 0 Å². The van der Waals surface area contributed by atoms with E-state index in [-0.39, 0.29) is 6.04 Å². The highest BCUT2D eigenvalue weighted by atomic mass is 15.3. The average molecular weight is 245 g/mol. The number of rotatable bonds is 2. The van der Waals surface area contributed by atoms with Gasteiger partial charge >= 0.3 is 0 Å². The Morgan fingerprint density at radius 3 is 3.00 bits per heavy atom. The Hall–Kier alpha value is -1.62. The lowest BCUT2D eigenvalue weighted by molar-refractivity contribution is 0.402. The van der Waals surface area contributed by atoms with Gasteiger partial charge in [0.1, 0.15) is 0 Å². The summed E-state index contributed by atoms with van der Waals surface area (Å²) in [7, 11) is 0. The molecule has 1 saturated carbocycles. The van der Waals surface area contributed by atoms with E-state index in [2.05, 4.69) is 15.4 Å². The number of nitrogens with one attached hydrogen (secondary N) is 1. The van der Waals surface area contributed by atoms with Crippen LogP contribution in [-0.4, -0.2) is 26.7 Å². The van der Waals surface area contributed by atoms with Crippen molar-refractivity contribution in [1.82, 2.24) is 14.6 Å². The summed E-state index contributed by atoms with van der Waals surface area (Å²) in [6.07, 6.45) is 6.64. The van der Waals surface area contributed by atoms with Crippen LogP contribution < -0.4 is 11.1 Å². The number of hydrogen-bond donors (Lipinski definition) is 2. The molecule has 2 aromatic heterocycles. The van der Waals surface area contributed by atoms with Crippen LogP contribution in [-0.2, 0) is 0 Å². The topological polar surface area (TPSA) is 68.2 Å². The van der Waals surface area contributed by atoms with Crippen molar-refractivity contribution in [2.24, 2.45) is 5.73 Å². The van der Waals surface area contributed by atoms with E-state index in [0.717, 1.165) is 18.5 Å². The van der Waals surface area contributed by atoms with Crippen molar-refractivity contribution in [3.05, 3.63) is 23.9 Å². The van der Waals surface area contributed by atoms with Crippen molar-refractivity contribution >= 4 is 11.6 Å². The zero-order valence-electron chi connectivity index (χ0n) is 10.6. The molecule has 2 heterocycles. The highest BCUT2D eigenvalue weighted by Crippen LogP contribution is 2.20. The first-order valence-electron chi connectivity index (χ1n) is 6.57. The Kier molecular flexibility index (Phi) is 2.91. The minimum atomic E-state index is 0.215. The molecule has 5 heteroatoms. The second-order valence-corrected chi connectivity index (χ2v) is 5.14. The molecule has 96 valence electrons. The molecule has 1 aliphatic carbocycles. The quantitative estimate of drug-likeness (QED) is 0.845. The number of hydrogen-bond acceptors (Lipinski definition) is 4. The summed E-state index contributed by atoms with van der Waals surface area (Å²) in [6, 6.07) is 4.54. The second kappa shape index (κ2) is 4.57.